The third kappa shape index (κ3) is 4.98. The lowest BCUT2D eigenvalue weighted by atomic mass is 9.80. The third-order valence-electron chi connectivity index (χ3n) is 9.91. The summed E-state index contributed by atoms with van der Waals surface area (Å²) in [6, 6.07) is 40.0. The van der Waals surface area contributed by atoms with E-state index in [9.17, 15) is 0 Å². The Kier molecular flexibility index (Phi) is 7.13. The number of pyridine rings is 1. The van der Waals surface area contributed by atoms with Gasteiger partial charge in [-0.15, -0.1) is 0 Å². The van der Waals surface area contributed by atoms with Gasteiger partial charge in [0.25, 0.3) is 0 Å². The summed E-state index contributed by atoms with van der Waals surface area (Å²) in [5.74, 6) is 0.430. The second kappa shape index (κ2) is 12.1. The van der Waals surface area contributed by atoms with E-state index in [0.717, 1.165) is 41.9 Å². The van der Waals surface area contributed by atoms with Crippen LogP contribution in [-0.2, 0) is 0 Å². The molecule has 1 unspecified atom stereocenters. The van der Waals surface area contributed by atoms with Crippen LogP contribution in [0.15, 0.2) is 175 Å². The van der Waals surface area contributed by atoms with Gasteiger partial charge in [0.1, 0.15) is 0 Å². The zero-order valence-electron chi connectivity index (χ0n) is 26.7. The van der Waals surface area contributed by atoms with Gasteiger partial charge in [-0.3, -0.25) is 9.98 Å². The number of hydrogen-bond donors (Lipinski definition) is 0. The Bertz CT molecular complexity index is 2380. The Balaban J connectivity index is 1.29. The molecular weight excluding hydrogens is 581 g/mol. The summed E-state index contributed by atoms with van der Waals surface area (Å²) >= 11 is 0. The molecule has 2 heteroatoms. The lowest BCUT2D eigenvalue weighted by molar-refractivity contribution is 0.784. The SMILES string of the molecule is C1=CC2=C(c3ccc4c(-c5ccc(-c6ccccn6)cc5)c5ccccc5c(-c5ccc(C6=NCCC=C6)cc5)c4c3)C=CCC2C=C1. The average Bonchev–Trinajstić information content (AvgIpc) is 3.17. The van der Waals surface area contributed by atoms with E-state index in [0.29, 0.717) is 5.92 Å². The fraction of sp³-hybridized carbons (Fsp3) is 0.0870. The third-order valence-corrected chi connectivity index (χ3v) is 9.91. The molecule has 0 fully saturated rings. The first-order valence-corrected chi connectivity index (χ1v) is 16.9. The predicted octanol–water partition coefficient (Wildman–Crippen LogP) is 11.6. The van der Waals surface area contributed by atoms with E-state index in [2.05, 4.69) is 151 Å². The molecule has 9 rings (SSSR count). The largest absolute Gasteiger partial charge is 0.284 e. The smallest absolute Gasteiger partial charge is 0.0701 e. The number of aromatic nitrogens is 1. The monoisotopic (exact) mass is 614 g/mol. The Morgan fingerprint density at radius 3 is 1.96 bits per heavy atom. The van der Waals surface area contributed by atoms with Crippen molar-refractivity contribution in [2.45, 2.75) is 12.8 Å². The van der Waals surface area contributed by atoms with Crippen molar-refractivity contribution in [3.63, 3.8) is 0 Å². The summed E-state index contributed by atoms with van der Waals surface area (Å²) in [6.45, 7) is 0.855. The number of fused-ring (bicyclic) bond motifs is 3. The van der Waals surface area contributed by atoms with Crippen LogP contribution in [0.5, 0.6) is 0 Å². The predicted molar refractivity (Wildman–Crippen MR) is 203 cm³/mol. The van der Waals surface area contributed by atoms with Gasteiger partial charge in [-0.25, -0.2) is 0 Å². The second-order valence-electron chi connectivity index (χ2n) is 12.7. The summed E-state index contributed by atoms with van der Waals surface area (Å²) in [4.78, 5) is 9.36. The van der Waals surface area contributed by atoms with Crippen LogP contribution in [-0.4, -0.2) is 17.2 Å². The van der Waals surface area contributed by atoms with E-state index in [1.54, 1.807) is 0 Å². The molecule has 0 spiro atoms. The molecule has 5 aromatic carbocycles. The minimum atomic E-state index is 0.430. The Hall–Kier alpha value is -5.86. The van der Waals surface area contributed by atoms with E-state index < -0.39 is 0 Å². The average molecular weight is 615 g/mol. The van der Waals surface area contributed by atoms with Gasteiger partial charge in [0.2, 0.25) is 0 Å². The first kappa shape index (κ1) is 28.4. The van der Waals surface area contributed by atoms with Crippen molar-refractivity contribution in [1.82, 2.24) is 4.98 Å². The van der Waals surface area contributed by atoms with Crippen LogP contribution in [0.1, 0.15) is 24.0 Å². The molecule has 0 bridgehead atoms. The molecule has 1 atom stereocenters. The quantitative estimate of drug-likeness (QED) is 0.177. The van der Waals surface area contributed by atoms with Crippen molar-refractivity contribution in [1.29, 1.82) is 0 Å². The zero-order valence-corrected chi connectivity index (χ0v) is 26.7. The molecule has 0 radical (unpaired) electrons. The number of allylic oxidation sites excluding steroid dienone is 9. The zero-order chi connectivity index (χ0) is 31.9. The van der Waals surface area contributed by atoms with E-state index in [1.807, 2.05) is 18.3 Å². The van der Waals surface area contributed by atoms with Gasteiger partial charge in [0, 0.05) is 24.2 Å². The van der Waals surface area contributed by atoms with Gasteiger partial charge >= 0.3 is 0 Å². The fourth-order valence-corrected chi connectivity index (χ4v) is 7.58. The maximum absolute atomic E-state index is 4.77. The Morgan fingerprint density at radius 2 is 1.23 bits per heavy atom. The van der Waals surface area contributed by atoms with Crippen LogP contribution in [0.25, 0.3) is 60.6 Å². The van der Waals surface area contributed by atoms with Crippen molar-refractivity contribution in [2.24, 2.45) is 10.9 Å². The van der Waals surface area contributed by atoms with Crippen LogP contribution in [0.4, 0.5) is 0 Å². The van der Waals surface area contributed by atoms with E-state index in [1.165, 1.54) is 60.5 Å². The van der Waals surface area contributed by atoms with Crippen molar-refractivity contribution < 1.29 is 0 Å². The number of hydrogen-bond acceptors (Lipinski definition) is 2. The van der Waals surface area contributed by atoms with Crippen molar-refractivity contribution in [3.8, 4) is 33.5 Å². The normalized spacial score (nSPS) is 16.8. The molecule has 0 N–H and O–H groups in total. The molecule has 1 aromatic heterocycles. The Labute approximate surface area is 281 Å². The topological polar surface area (TPSA) is 25.2 Å². The summed E-state index contributed by atoms with van der Waals surface area (Å²) in [7, 11) is 0. The molecule has 228 valence electrons. The Morgan fingerprint density at radius 1 is 0.542 bits per heavy atom. The first-order valence-electron chi connectivity index (χ1n) is 16.9. The van der Waals surface area contributed by atoms with Gasteiger partial charge < -0.3 is 0 Å². The van der Waals surface area contributed by atoms with Gasteiger partial charge in [-0.2, -0.15) is 0 Å². The summed E-state index contributed by atoms with van der Waals surface area (Å²) in [5, 5.41) is 5.02. The fourth-order valence-electron chi connectivity index (χ4n) is 7.58. The highest BCUT2D eigenvalue weighted by molar-refractivity contribution is 6.22. The highest BCUT2D eigenvalue weighted by atomic mass is 14.7. The van der Waals surface area contributed by atoms with Crippen molar-refractivity contribution in [3.05, 3.63) is 181 Å². The molecular formula is C46H34N2. The number of rotatable bonds is 5. The summed E-state index contributed by atoms with van der Waals surface area (Å²) in [6.07, 6.45) is 21.9. The van der Waals surface area contributed by atoms with E-state index in [-0.39, 0.29) is 0 Å². The van der Waals surface area contributed by atoms with Crippen LogP contribution < -0.4 is 0 Å². The molecule has 2 heterocycles. The van der Waals surface area contributed by atoms with Gasteiger partial charge in [-0.1, -0.05) is 134 Å². The van der Waals surface area contributed by atoms with Crippen LogP contribution in [0.3, 0.4) is 0 Å². The summed E-state index contributed by atoms with van der Waals surface area (Å²) < 4.78 is 0. The molecule has 0 amide bonds. The van der Waals surface area contributed by atoms with Crippen molar-refractivity contribution >= 4 is 32.8 Å². The molecule has 1 aliphatic heterocycles. The number of dihydropyridines is 1. The molecule has 0 saturated carbocycles. The highest BCUT2D eigenvalue weighted by Crippen LogP contribution is 2.45. The lowest BCUT2D eigenvalue weighted by Crippen LogP contribution is -2.07. The lowest BCUT2D eigenvalue weighted by Gasteiger charge is -2.24. The van der Waals surface area contributed by atoms with E-state index in [4.69, 9.17) is 4.99 Å². The molecule has 48 heavy (non-hydrogen) atoms. The minimum absolute atomic E-state index is 0.430. The minimum Gasteiger partial charge on any atom is -0.284 e. The second-order valence-corrected chi connectivity index (χ2v) is 12.7. The van der Waals surface area contributed by atoms with Crippen LogP contribution in [0.2, 0.25) is 0 Å². The van der Waals surface area contributed by atoms with Crippen LogP contribution >= 0.6 is 0 Å². The number of aliphatic imine (C=N–C) groups is 1. The number of benzene rings is 5. The molecule has 6 aromatic rings. The summed E-state index contributed by atoms with van der Waals surface area (Å²) in [5.41, 5.74) is 13.2. The first-order chi connectivity index (χ1) is 23.8. The van der Waals surface area contributed by atoms with Crippen LogP contribution in [0, 0.1) is 5.92 Å². The molecule has 2 nitrogen and oxygen atoms in total. The molecule has 0 saturated heterocycles. The van der Waals surface area contributed by atoms with Crippen molar-refractivity contribution in [2.75, 3.05) is 6.54 Å². The van der Waals surface area contributed by atoms with Gasteiger partial charge in [-0.05, 0) is 103 Å². The maximum Gasteiger partial charge on any atom is 0.0701 e. The van der Waals surface area contributed by atoms with Gasteiger partial charge in [0.15, 0.2) is 0 Å². The molecule has 2 aliphatic carbocycles. The van der Waals surface area contributed by atoms with E-state index >= 15 is 0 Å². The number of nitrogens with zero attached hydrogens (tertiary/aromatic N) is 2. The maximum atomic E-state index is 4.77. The standard InChI is InChI=1S/C46H34N2/c1-2-12-37-31(10-1)11-9-15-38(37)36-26-27-41-42(30-36)46(35-24-20-33(21-25-35)44-17-6-8-29-48-44)40-14-4-3-13-39(40)45(41)34-22-18-32(19-23-34)43-16-5-7-28-47-43/h1-7,9-10,12-28,30-31H,8,11,29H2. The molecule has 3 aliphatic rings. The highest BCUT2D eigenvalue weighted by Gasteiger charge is 2.21. The van der Waals surface area contributed by atoms with Gasteiger partial charge in [0.05, 0.1) is 11.4 Å².